The predicted molar refractivity (Wildman–Crippen MR) is 111 cm³/mol. The number of hydrogen-bond donors (Lipinski definition) is 0. The van der Waals surface area contributed by atoms with Gasteiger partial charge in [0.1, 0.15) is 7.05 Å². The molecule has 0 amide bonds. The van der Waals surface area contributed by atoms with Crippen molar-refractivity contribution in [2.75, 3.05) is 0 Å². The van der Waals surface area contributed by atoms with Crippen molar-refractivity contribution in [2.24, 2.45) is 12.5 Å². The molecule has 0 spiro atoms. The third-order valence-electron chi connectivity index (χ3n) is 4.69. The fourth-order valence-corrected chi connectivity index (χ4v) is 3.42. The van der Waals surface area contributed by atoms with E-state index in [1.165, 1.54) is 17.7 Å². The van der Waals surface area contributed by atoms with Crippen molar-refractivity contribution in [3.63, 3.8) is 0 Å². The smallest absolute Gasteiger partial charge is 0.227 e. The van der Waals surface area contributed by atoms with Gasteiger partial charge < -0.3 is 4.42 Å². The van der Waals surface area contributed by atoms with Crippen LogP contribution >= 0.6 is 0 Å². The monoisotopic (exact) mass is 370 g/mol. The minimum absolute atomic E-state index is 0.191. The summed E-state index contributed by atoms with van der Waals surface area (Å²) in [5.74, 6) is 0. The average Bonchev–Trinajstić information content (AvgIpc) is 3.10. The van der Waals surface area contributed by atoms with Gasteiger partial charge in [-0.1, -0.05) is 32.7 Å². The number of pyridine rings is 2. The lowest BCUT2D eigenvalue weighted by Gasteiger charge is -2.19. The molecule has 3 heteroatoms. The summed E-state index contributed by atoms with van der Waals surface area (Å²) >= 11 is 0. The number of benzene rings is 1. The Kier molecular flexibility index (Phi) is 2.07. The Labute approximate surface area is 176 Å². The van der Waals surface area contributed by atoms with E-state index in [9.17, 15) is 0 Å². The standard InChI is InChI=1S/C24H27N2O/c1-15-9-10-18-19-8-7-11-25-23(19)27-22(18)21(15)20-12-16(2)17(14-26(20)6)13-24(3,4)5/h7-12,14H,13H2,1-6H3/q+1/i3D3,4D3,5D3,13D2. The van der Waals surface area contributed by atoms with Gasteiger partial charge in [0.15, 0.2) is 11.8 Å². The Morgan fingerprint density at radius 1 is 1.15 bits per heavy atom. The van der Waals surface area contributed by atoms with Crippen LogP contribution in [0.25, 0.3) is 33.3 Å². The van der Waals surface area contributed by atoms with E-state index in [1.54, 1.807) is 25.4 Å². The molecule has 0 radical (unpaired) electrons. The highest BCUT2D eigenvalue weighted by Crippen LogP contribution is 2.36. The molecular weight excluding hydrogens is 332 g/mol. The lowest BCUT2D eigenvalue weighted by Crippen LogP contribution is -2.32. The summed E-state index contributed by atoms with van der Waals surface area (Å²) < 4.78 is 97.1. The molecule has 0 fully saturated rings. The Hall–Kier alpha value is -2.68. The predicted octanol–water partition coefficient (Wildman–Crippen LogP) is 5.68. The number of aryl methyl sites for hydroxylation is 3. The van der Waals surface area contributed by atoms with Gasteiger partial charge in [0.2, 0.25) is 11.4 Å². The zero-order chi connectivity index (χ0) is 28.6. The van der Waals surface area contributed by atoms with Crippen molar-refractivity contribution in [1.82, 2.24) is 4.98 Å². The average molecular weight is 371 g/mol. The summed E-state index contributed by atoms with van der Waals surface area (Å²) in [7, 11) is 1.59. The number of rotatable bonds is 2. The largest absolute Gasteiger partial charge is 0.437 e. The van der Waals surface area contributed by atoms with Gasteiger partial charge in [-0.2, -0.15) is 0 Å². The zero-order valence-corrected chi connectivity index (χ0v) is 15.3. The maximum absolute atomic E-state index is 8.85. The fourth-order valence-electron chi connectivity index (χ4n) is 3.42. The Morgan fingerprint density at radius 3 is 2.74 bits per heavy atom. The van der Waals surface area contributed by atoms with E-state index in [2.05, 4.69) is 4.98 Å². The normalized spacial score (nSPS) is 20.2. The quantitative estimate of drug-likeness (QED) is 0.425. The van der Waals surface area contributed by atoms with Gasteiger partial charge in [-0.05, 0) is 48.9 Å². The van der Waals surface area contributed by atoms with Crippen molar-refractivity contribution >= 4 is 22.1 Å². The first-order valence-corrected chi connectivity index (χ1v) is 8.55. The Balaban J connectivity index is 2.03. The van der Waals surface area contributed by atoms with Crippen LogP contribution in [0.5, 0.6) is 0 Å². The van der Waals surface area contributed by atoms with Crippen molar-refractivity contribution in [3.05, 3.63) is 59.4 Å². The topological polar surface area (TPSA) is 29.9 Å². The van der Waals surface area contributed by atoms with Crippen molar-refractivity contribution < 1.29 is 24.1 Å². The summed E-state index contributed by atoms with van der Waals surface area (Å²) in [6.07, 6.45) is -0.424. The van der Waals surface area contributed by atoms with Crippen LogP contribution in [0.3, 0.4) is 0 Å². The molecule has 1 aromatic carbocycles. The zero-order valence-electron chi connectivity index (χ0n) is 26.3. The molecule has 0 aliphatic heterocycles. The van der Waals surface area contributed by atoms with Crippen LogP contribution in [0.2, 0.25) is 0 Å². The lowest BCUT2D eigenvalue weighted by molar-refractivity contribution is -0.660. The van der Waals surface area contributed by atoms with E-state index in [0.29, 0.717) is 22.6 Å². The minimum Gasteiger partial charge on any atom is -0.437 e. The molecule has 0 aliphatic carbocycles. The van der Waals surface area contributed by atoms with Crippen LogP contribution < -0.4 is 4.57 Å². The van der Waals surface area contributed by atoms with Crippen LogP contribution in [-0.4, -0.2) is 4.98 Å². The van der Waals surface area contributed by atoms with Crippen molar-refractivity contribution in [1.29, 1.82) is 0 Å². The number of nitrogens with zero attached hydrogens (tertiary/aromatic N) is 2. The van der Waals surface area contributed by atoms with E-state index in [-0.39, 0.29) is 11.1 Å². The van der Waals surface area contributed by atoms with E-state index in [0.717, 1.165) is 16.3 Å². The molecule has 0 bridgehead atoms. The van der Waals surface area contributed by atoms with Gasteiger partial charge in [-0.15, -0.1) is 0 Å². The highest BCUT2D eigenvalue weighted by molar-refractivity contribution is 6.08. The van der Waals surface area contributed by atoms with Crippen molar-refractivity contribution in [2.45, 2.75) is 40.8 Å². The van der Waals surface area contributed by atoms with E-state index in [1.807, 2.05) is 25.1 Å². The first-order chi connectivity index (χ1) is 17.3. The van der Waals surface area contributed by atoms with Gasteiger partial charge in [0.25, 0.3) is 0 Å². The van der Waals surface area contributed by atoms with E-state index >= 15 is 0 Å². The third-order valence-corrected chi connectivity index (χ3v) is 4.69. The maximum Gasteiger partial charge on any atom is 0.227 e. The summed E-state index contributed by atoms with van der Waals surface area (Å²) in [5, 5.41) is 1.63. The van der Waals surface area contributed by atoms with Crippen LogP contribution in [0.4, 0.5) is 0 Å². The SMILES string of the molecule is [2H]C([2H])([2H])C(C([2H])([2H])[2H])(C([2H])([2H])[2H])C([2H])([2H])c1c[n+](C)c(-c2c(C)ccc3c2oc2ncccc23)cc1C. The molecule has 27 heavy (non-hydrogen) atoms. The highest BCUT2D eigenvalue weighted by Gasteiger charge is 2.23. The number of furan rings is 1. The second-order valence-corrected chi connectivity index (χ2v) is 6.83. The highest BCUT2D eigenvalue weighted by atomic mass is 16.3. The molecule has 0 saturated heterocycles. The molecule has 4 aromatic rings. The molecule has 4 rings (SSSR count). The molecular formula is C24H27N2O+. The molecule has 0 unspecified atom stereocenters. The van der Waals surface area contributed by atoms with Gasteiger partial charge in [-0.25, -0.2) is 9.55 Å². The van der Waals surface area contributed by atoms with Crippen molar-refractivity contribution in [3.8, 4) is 11.3 Å². The lowest BCUT2D eigenvalue weighted by atomic mass is 9.86. The van der Waals surface area contributed by atoms with Gasteiger partial charge >= 0.3 is 0 Å². The minimum atomic E-state index is -3.69. The Bertz CT molecular complexity index is 1510. The molecule has 3 aromatic heterocycles. The second-order valence-electron chi connectivity index (χ2n) is 6.83. The first-order valence-electron chi connectivity index (χ1n) is 14.1. The van der Waals surface area contributed by atoms with Crippen LogP contribution in [0, 0.1) is 19.3 Å². The number of hydrogen-bond acceptors (Lipinski definition) is 2. The third kappa shape index (κ3) is 3.12. The molecule has 0 N–H and O–H groups in total. The Morgan fingerprint density at radius 2 is 1.96 bits per heavy atom. The summed E-state index contributed by atoms with van der Waals surface area (Å²) in [6, 6.07) is 9.09. The molecule has 3 nitrogen and oxygen atoms in total. The fraction of sp³-hybridized carbons (Fsp3) is 0.333. The molecule has 0 saturated carbocycles. The molecule has 3 heterocycles. The first kappa shape index (κ1) is 9.01. The van der Waals surface area contributed by atoms with Crippen LogP contribution in [0.15, 0.2) is 47.1 Å². The summed E-state index contributed by atoms with van der Waals surface area (Å²) in [6.45, 7) is -7.71. The van der Waals surface area contributed by atoms with Gasteiger partial charge in [0, 0.05) is 43.7 Å². The van der Waals surface area contributed by atoms with Crippen LogP contribution in [-0.2, 0) is 13.4 Å². The summed E-state index contributed by atoms with van der Waals surface area (Å²) in [5.41, 5.74) is -0.757. The number of fused-ring (bicyclic) bond motifs is 3. The second kappa shape index (κ2) is 6.19. The molecule has 138 valence electrons. The number of aromatic nitrogens is 2. The maximum atomic E-state index is 8.85. The molecule has 0 aliphatic rings. The van der Waals surface area contributed by atoms with Gasteiger partial charge in [0.05, 0.1) is 5.56 Å². The van der Waals surface area contributed by atoms with E-state index < -0.39 is 32.3 Å². The van der Waals surface area contributed by atoms with Gasteiger partial charge in [-0.3, -0.25) is 0 Å². The molecule has 0 atom stereocenters. The van der Waals surface area contributed by atoms with E-state index in [4.69, 9.17) is 19.5 Å². The summed E-state index contributed by atoms with van der Waals surface area (Å²) in [4.78, 5) is 4.28. The van der Waals surface area contributed by atoms with Crippen LogP contribution in [0.1, 0.15) is 52.3 Å².